The minimum absolute atomic E-state index is 0.455. The SMILES string of the molecule is CC(O)c1csc(N2CCCC(C)(C)CC2)n1. The molecule has 1 aromatic heterocycles. The van der Waals surface area contributed by atoms with Crippen molar-refractivity contribution in [2.24, 2.45) is 5.41 Å². The normalized spacial score (nSPS) is 22.2. The number of hydrogen-bond donors (Lipinski definition) is 1. The van der Waals surface area contributed by atoms with Gasteiger partial charge in [-0.25, -0.2) is 4.98 Å². The fourth-order valence-corrected chi connectivity index (χ4v) is 3.19. The van der Waals surface area contributed by atoms with E-state index in [2.05, 4.69) is 23.7 Å². The molecule has 1 aromatic rings. The largest absolute Gasteiger partial charge is 0.387 e. The highest BCUT2D eigenvalue weighted by atomic mass is 32.1. The van der Waals surface area contributed by atoms with Crippen LogP contribution in [0.2, 0.25) is 0 Å². The highest BCUT2D eigenvalue weighted by Crippen LogP contribution is 2.33. The van der Waals surface area contributed by atoms with Gasteiger partial charge in [0.05, 0.1) is 11.8 Å². The van der Waals surface area contributed by atoms with Gasteiger partial charge in [-0.1, -0.05) is 13.8 Å². The minimum atomic E-state index is -0.455. The van der Waals surface area contributed by atoms with Crippen LogP contribution < -0.4 is 4.90 Å². The number of anilines is 1. The van der Waals surface area contributed by atoms with E-state index in [1.165, 1.54) is 19.3 Å². The molecule has 0 aromatic carbocycles. The van der Waals surface area contributed by atoms with Gasteiger partial charge in [0.25, 0.3) is 0 Å². The first-order chi connectivity index (χ1) is 7.98. The molecule has 0 amide bonds. The van der Waals surface area contributed by atoms with Gasteiger partial charge in [-0.15, -0.1) is 11.3 Å². The first-order valence-electron chi connectivity index (χ1n) is 6.36. The molecule has 4 heteroatoms. The third kappa shape index (κ3) is 3.19. The molecule has 3 nitrogen and oxygen atoms in total. The smallest absolute Gasteiger partial charge is 0.185 e. The summed E-state index contributed by atoms with van der Waals surface area (Å²) < 4.78 is 0. The third-order valence-corrected chi connectivity index (χ3v) is 4.47. The van der Waals surface area contributed by atoms with Crippen LogP contribution in [0.25, 0.3) is 0 Å². The quantitative estimate of drug-likeness (QED) is 0.880. The molecule has 1 fully saturated rings. The van der Waals surface area contributed by atoms with Crippen molar-refractivity contribution in [3.05, 3.63) is 11.1 Å². The predicted octanol–water partition coefficient (Wildman–Crippen LogP) is 3.21. The summed E-state index contributed by atoms with van der Waals surface area (Å²) in [5, 5.41) is 12.5. The van der Waals surface area contributed by atoms with Crippen molar-refractivity contribution in [2.75, 3.05) is 18.0 Å². The van der Waals surface area contributed by atoms with Crippen molar-refractivity contribution < 1.29 is 5.11 Å². The molecule has 0 spiro atoms. The van der Waals surface area contributed by atoms with Crippen LogP contribution in [-0.4, -0.2) is 23.2 Å². The summed E-state index contributed by atoms with van der Waals surface area (Å²) in [6, 6.07) is 0. The summed E-state index contributed by atoms with van der Waals surface area (Å²) in [6.45, 7) is 8.64. The first kappa shape index (κ1) is 12.8. The van der Waals surface area contributed by atoms with E-state index in [-0.39, 0.29) is 0 Å². The van der Waals surface area contributed by atoms with Crippen LogP contribution in [0, 0.1) is 5.41 Å². The average molecular weight is 254 g/mol. The summed E-state index contributed by atoms with van der Waals surface area (Å²) in [6.07, 6.45) is 3.29. The Morgan fingerprint density at radius 2 is 2.18 bits per heavy atom. The number of aliphatic hydroxyl groups excluding tert-OH is 1. The number of nitrogens with zero attached hydrogens (tertiary/aromatic N) is 2. The minimum Gasteiger partial charge on any atom is -0.387 e. The maximum absolute atomic E-state index is 9.50. The Balaban J connectivity index is 2.06. The van der Waals surface area contributed by atoms with Gasteiger partial charge in [0, 0.05) is 18.5 Å². The molecule has 2 rings (SSSR count). The second-order valence-electron chi connectivity index (χ2n) is 5.74. The maximum atomic E-state index is 9.50. The number of hydrogen-bond acceptors (Lipinski definition) is 4. The highest BCUT2D eigenvalue weighted by molar-refractivity contribution is 7.13. The molecule has 0 radical (unpaired) electrons. The number of aliphatic hydroxyl groups is 1. The first-order valence-corrected chi connectivity index (χ1v) is 7.24. The zero-order valence-corrected chi connectivity index (χ0v) is 11.8. The standard InChI is InChI=1S/C13H22N2OS/c1-10(16)11-9-17-12(14-11)15-7-4-5-13(2,3)6-8-15/h9-10,16H,4-8H2,1-3H3. The van der Waals surface area contributed by atoms with Crippen LogP contribution in [0.5, 0.6) is 0 Å². The molecule has 96 valence electrons. The monoisotopic (exact) mass is 254 g/mol. The van der Waals surface area contributed by atoms with E-state index in [1.807, 2.05) is 5.38 Å². The lowest BCUT2D eigenvalue weighted by Crippen LogP contribution is -2.24. The van der Waals surface area contributed by atoms with Gasteiger partial charge in [-0.3, -0.25) is 0 Å². The highest BCUT2D eigenvalue weighted by Gasteiger charge is 2.24. The van der Waals surface area contributed by atoms with Crippen LogP contribution in [0.15, 0.2) is 5.38 Å². The molecule has 1 aliphatic rings. The molecule has 17 heavy (non-hydrogen) atoms. The zero-order valence-electron chi connectivity index (χ0n) is 10.9. The van der Waals surface area contributed by atoms with Gasteiger partial charge in [0.2, 0.25) is 0 Å². The number of rotatable bonds is 2. The molecule has 1 N–H and O–H groups in total. The van der Waals surface area contributed by atoms with E-state index in [1.54, 1.807) is 18.3 Å². The summed E-state index contributed by atoms with van der Waals surface area (Å²) in [5.74, 6) is 0. The van der Waals surface area contributed by atoms with Gasteiger partial charge >= 0.3 is 0 Å². The lowest BCUT2D eigenvalue weighted by atomic mass is 9.85. The molecule has 0 saturated carbocycles. The molecular formula is C13H22N2OS. The van der Waals surface area contributed by atoms with Crippen LogP contribution in [0.4, 0.5) is 5.13 Å². The maximum Gasteiger partial charge on any atom is 0.185 e. The second-order valence-corrected chi connectivity index (χ2v) is 6.57. The van der Waals surface area contributed by atoms with Gasteiger partial charge in [0.15, 0.2) is 5.13 Å². The van der Waals surface area contributed by atoms with E-state index in [4.69, 9.17) is 0 Å². The molecular weight excluding hydrogens is 232 g/mol. The van der Waals surface area contributed by atoms with Crippen LogP contribution in [0.1, 0.15) is 51.8 Å². The van der Waals surface area contributed by atoms with Crippen molar-refractivity contribution in [1.82, 2.24) is 4.98 Å². The van der Waals surface area contributed by atoms with E-state index in [9.17, 15) is 5.11 Å². The van der Waals surface area contributed by atoms with Crippen LogP contribution in [-0.2, 0) is 0 Å². The fourth-order valence-electron chi connectivity index (χ4n) is 2.23. The topological polar surface area (TPSA) is 36.4 Å². The summed E-state index contributed by atoms with van der Waals surface area (Å²) in [7, 11) is 0. The summed E-state index contributed by atoms with van der Waals surface area (Å²) >= 11 is 1.65. The van der Waals surface area contributed by atoms with Gasteiger partial charge in [0.1, 0.15) is 0 Å². The molecule has 1 aliphatic heterocycles. The Morgan fingerprint density at radius 1 is 1.41 bits per heavy atom. The van der Waals surface area contributed by atoms with Crippen molar-refractivity contribution >= 4 is 16.5 Å². The third-order valence-electron chi connectivity index (χ3n) is 3.55. The second kappa shape index (κ2) is 4.94. The van der Waals surface area contributed by atoms with Gasteiger partial charge < -0.3 is 10.0 Å². The summed E-state index contributed by atoms with van der Waals surface area (Å²) in [5.41, 5.74) is 1.26. The Morgan fingerprint density at radius 3 is 2.82 bits per heavy atom. The molecule has 1 saturated heterocycles. The molecule has 1 unspecified atom stereocenters. The van der Waals surface area contributed by atoms with Gasteiger partial charge in [-0.2, -0.15) is 0 Å². The van der Waals surface area contributed by atoms with E-state index in [0.717, 1.165) is 23.9 Å². The Bertz CT molecular complexity index is 373. The van der Waals surface area contributed by atoms with Crippen LogP contribution >= 0.6 is 11.3 Å². The number of thiazole rings is 1. The lowest BCUT2D eigenvalue weighted by molar-refractivity contribution is 0.195. The van der Waals surface area contributed by atoms with Crippen molar-refractivity contribution in [3.8, 4) is 0 Å². The van der Waals surface area contributed by atoms with E-state index >= 15 is 0 Å². The molecule has 0 aliphatic carbocycles. The lowest BCUT2D eigenvalue weighted by Gasteiger charge is -2.22. The fraction of sp³-hybridized carbons (Fsp3) is 0.769. The van der Waals surface area contributed by atoms with E-state index < -0.39 is 6.10 Å². The predicted molar refractivity (Wildman–Crippen MR) is 72.6 cm³/mol. The summed E-state index contributed by atoms with van der Waals surface area (Å²) in [4.78, 5) is 6.88. The Kier molecular flexibility index (Phi) is 3.73. The number of aromatic nitrogens is 1. The zero-order chi connectivity index (χ0) is 12.5. The van der Waals surface area contributed by atoms with Crippen molar-refractivity contribution in [3.63, 3.8) is 0 Å². The van der Waals surface area contributed by atoms with Crippen molar-refractivity contribution in [2.45, 2.75) is 46.1 Å². The van der Waals surface area contributed by atoms with Crippen LogP contribution in [0.3, 0.4) is 0 Å². The molecule has 0 bridgehead atoms. The van der Waals surface area contributed by atoms with Crippen molar-refractivity contribution in [1.29, 1.82) is 0 Å². The Hall–Kier alpha value is -0.610. The Labute approximate surface area is 107 Å². The van der Waals surface area contributed by atoms with Gasteiger partial charge in [-0.05, 0) is 31.6 Å². The molecule has 1 atom stereocenters. The molecule has 2 heterocycles. The average Bonchev–Trinajstić information content (AvgIpc) is 2.65. The van der Waals surface area contributed by atoms with E-state index in [0.29, 0.717) is 5.41 Å².